The van der Waals surface area contributed by atoms with E-state index in [1.807, 2.05) is 42.1 Å². The molecule has 0 bridgehead atoms. The molecule has 1 N–H and O–H groups in total. The maximum atomic E-state index is 12.2. The van der Waals surface area contributed by atoms with Gasteiger partial charge in [0.2, 0.25) is 5.91 Å². The maximum absolute atomic E-state index is 12.2. The molecule has 1 aliphatic rings. The minimum absolute atomic E-state index is 0.181. The van der Waals surface area contributed by atoms with E-state index in [4.69, 9.17) is 9.68 Å². The molecule has 0 spiro atoms. The normalized spacial score (nSPS) is 14.6. The van der Waals surface area contributed by atoms with E-state index >= 15 is 0 Å². The number of likely N-dealkylation sites (N-methyl/N-ethyl adjacent to an activating group) is 1. The molecule has 0 atom stereocenters. The average Bonchev–Trinajstić information content (AvgIpc) is 3.01. The molecule has 1 saturated heterocycles. The number of amides is 1. The molecule has 0 radical (unpaired) electrons. The van der Waals surface area contributed by atoms with Crippen LogP contribution in [0.1, 0.15) is 31.1 Å². The van der Waals surface area contributed by atoms with Gasteiger partial charge in [0.05, 0.1) is 24.7 Å². The van der Waals surface area contributed by atoms with Crippen LogP contribution >= 0.6 is 0 Å². The number of fused-ring (bicyclic) bond motifs is 1. The molecule has 6 nitrogen and oxygen atoms in total. The highest BCUT2D eigenvalue weighted by molar-refractivity contribution is 5.93. The molecule has 2 aromatic rings. The predicted molar refractivity (Wildman–Crippen MR) is 110 cm³/mol. The number of piperidine rings is 1. The van der Waals surface area contributed by atoms with E-state index in [9.17, 15) is 4.79 Å². The summed E-state index contributed by atoms with van der Waals surface area (Å²) < 4.78 is 6.01. The first-order valence-corrected chi connectivity index (χ1v) is 9.56. The van der Waals surface area contributed by atoms with Crippen LogP contribution in [0.3, 0.4) is 0 Å². The van der Waals surface area contributed by atoms with Crippen LogP contribution in [0.5, 0.6) is 0 Å². The summed E-state index contributed by atoms with van der Waals surface area (Å²) in [5, 5.41) is 13.7. The van der Waals surface area contributed by atoms with Crippen LogP contribution in [0.25, 0.3) is 11.0 Å². The summed E-state index contributed by atoms with van der Waals surface area (Å²) in [5.74, 6) is 6.58. The summed E-state index contributed by atoms with van der Waals surface area (Å²) in [6, 6.07) is 8.42. The summed E-state index contributed by atoms with van der Waals surface area (Å²) in [5.41, 5.74) is 2.51. The standard InChI is InChI=1S/C22H26N4O2/c1-4-6-20-17(9-12-23)18-7-5-8-19(22(18)28-20)24-16-10-13-26(14-11-16)21(27)15-25(2)3/h5,7-8,16,24H,9-11,13-15H2,1-3H3. The maximum Gasteiger partial charge on any atom is 0.236 e. The Hall–Kier alpha value is -2.96. The first-order chi connectivity index (χ1) is 13.5. The van der Waals surface area contributed by atoms with Gasteiger partial charge in [0.1, 0.15) is 0 Å². The van der Waals surface area contributed by atoms with Gasteiger partial charge in [-0.05, 0) is 45.8 Å². The third kappa shape index (κ3) is 4.30. The van der Waals surface area contributed by atoms with Crippen LogP contribution in [0, 0.1) is 23.2 Å². The van der Waals surface area contributed by atoms with Gasteiger partial charge in [-0.2, -0.15) is 5.26 Å². The molecule has 3 rings (SSSR count). The Balaban J connectivity index is 1.75. The molecule has 6 heteroatoms. The molecule has 1 aliphatic heterocycles. The van der Waals surface area contributed by atoms with E-state index in [1.165, 1.54) is 0 Å². The lowest BCUT2D eigenvalue weighted by Gasteiger charge is -2.33. The Morgan fingerprint density at radius 2 is 2.11 bits per heavy atom. The number of hydrogen-bond acceptors (Lipinski definition) is 5. The van der Waals surface area contributed by atoms with E-state index in [0.29, 0.717) is 12.3 Å². The van der Waals surface area contributed by atoms with E-state index in [2.05, 4.69) is 23.2 Å². The molecule has 0 saturated carbocycles. The minimum atomic E-state index is 0.181. The van der Waals surface area contributed by atoms with Crippen molar-refractivity contribution in [3.05, 3.63) is 29.5 Å². The van der Waals surface area contributed by atoms with Crippen molar-refractivity contribution >= 4 is 22.6 Å². The lowest BCUT2D eigenvalue weighted by Crippen LogP contribution is -2.45. The topological polar surface area (TPSA) is 72.5 Å². The number of carbonyl (C=O) groups is 1. The zero-order valence-corrected chi connectivity index (χ0v) is 16.7. The van der Waals surface area contributed by atoms with Gasteiger partial charge in [-0.25, -0.2) is 0 Å². The Bertz CT molecular complexity index is 951. The number of furan rings is 1. The minimum Gasteiger partial charge on any atom is -0.445 e. The first-order valence-electron chi connectivity index (χ1n) is 9.56. The highest BCUT2D eigenvalue weighted by Gasteiger charge is 2.24. The van der Waals surface area contributed by atoms with E-state index in [1.54, 1.807) is 6.92 Å². The van der Waals surface area contributed by atoms with Gasteiger partial charge in [0.25, 0.3) is 0 Å². The number of benzene rings is 1. The fourth-order valence-electron chi connectivity index (χ4n) is 3.62. The Morgan fingerprint density at radius 3 is 2.75 bits per heavy atom. The van der Waals surface area contributed by atoms with Crippen LogP contribution in [0.4, 0.5) is 5.69 Å². The van der Waals surface area contributed by atoms with Gasteiger partial charge >= 0.3 is 0 Å². The van der Waals surface area contributed by atoms with Crippen LogP contribution in [-0.4, -0.2) is 55.5 Å². The van der Waals surface area contributed by atoms with Gasteiger partial charge in [0.15, 0.2) is 11.3 Å². The van der Waals surface area contributed by atoms with Gasteiger partial charge in [-0.15, -0.1) is 0 Å². The molecule has 0 unspecified atom stereocenters. The third-order valence-corrected chi connectivity index (χ3v) is 4.97. The van der Waals surface area contributed by atoms with Crippen LogP contribution in [0.15, 0.2) is 22.6 Å². The largest absolute Gasteiger partial charge is 0.445 e. The van der Waals surface area contributed by atoms with Crippen molar-refractivity contribution < 1.29 is 9.21 Å². The first kappa shape index (κ1) is 19.8. The number of para-hydroxylation sites is 1. The second kappa shape index (κ2) is 8.82. The lowest BCUT2D eigenvalue weighted by molar-refractivity contribution is -0.132. The number of nitriles is 1. The molecule has 28 heavy (non-hydrogen) atoms. The van der Waals surface area contributed by atoms with Crippen molar-refractivity contribution in [2.24, 2.45) is 0 Å². The number of anilines is 1. The molecular formula is C22H26N4O2. The highest BCUT2D eigenvalue weighted by atomic mass is 16.3. The van der Waals surface area contributed by atoms with Gasteiger partial charge < -0.3 is 19.5 Å². The quantitative estimate of drug-likeness (QED) is 0.810. The van der Waals surface area contributed by atoms with Crippen molar-refractivity contribution in [1.29, 1.82) is 5.26 Å². The Kier molecular flexibility index (Phi) is 6.23. The molecule has 2 heterocycles. The van der Waals surface area contributed by atoms with E-state index < -0.39 is 0 Å². The highest BCUT2D eigenvalue weighted by Crippen LogP contribution is 2.32. The summed E-state index contributed by atoms with van der Waals surface area (Å²) >= 11 is 0. The van der Waals surface area contributed by atoms with Gasteiger partial charge in [-0.1, -0.05) is 18.1 Å². The number of carbonyl (C=O) groups excluding carboxylic acids is 1. The smallest absolute Gasteiger partial charge is 0.236 e. The third-order valence-electron chi connectivity index (χ3n) is 4.97. The number of hydrogen-bond donors (Lipinski definition) is 1. The van der Waals surface area contributed by atoms with Crippen molar-refractivity contribution in [3.63, 3.8) is 0 Å². The Morgan fingerprint density at radius 1 is 1.36 bits per heavy atom. The van der Waals surface area contributed by atoms with Crippen molar-refractivity contribution in [2.45, 2.75) is 32.2 Å². The summed E-state index contributed by atoms with van der Waals surface area (Å²) in [7, 11) is 3.82. The second-order valence-corrected chi connectivity index (χ2v) is 7.34. The number of rotatable bonds is 5. The molecule has 1 aromatic heterocycles. The van der Waals surface area contributed by atoms with Crippen LogP contribution < -0.4 is 5.32 Å². The summed E-state index contributed by atoms with van der Waals surface area (Å²) in [4.78, 5) is 16.1. The Labute approximate surface area is 166 Å². The molecule has 1 fully saturated rings. The fourth-order valence-corrected chi connectivity index (χ4v) is 3.62. The van der Waals surface area contributed by atoms with Gasteiger partial charge in [-0.3, -0.25) is 4.79 Å². The van der Waals surface area contributed by atoms with E-state index in [0.717, 1.165) is 48.2 Å². The summed E-state index contributed by atoms with van der Waals surface area (Å²) in [6.45, 7) is 3.72. The zero-order valence-electron chi connectivity index (χ0n) is 16.7. The average molecular weight is 378 g/mol. The molecule has 1 amide bonds. The molecule has 0 aliphatic carbocycles. The van der Waals surface area contributed by atoms with Crippen molar-refractivity contribution in [2.75, 3.05) is 39.0 Å². The SMILES string of the molecule is CC#Cc1oc2c(NC3CCN(C(=O)CN(C)C)CC3)cccc2c1CC#N. The molecule has 146 valence electrons. The predicted octanol–water partition coefficient (Wildman–Crippen LogP) is 2.83. The zero-order chi connectivity index (χ0) is 20.1. The lowest BCUT2D eigenvalue weighted by atomic mass is 10.0. The van der Waals surface area contributed by atoms with Crippen LogP contribution in [-0.2, 0) is 11.2 Å². The van der Waals surface area contributed by atoms with Gasteiger partial charge in [0, 0.05) is 30.1 Å². The monoisotopic (exact) mass is 378 g/mol. The van der Waals surface area contributed by atoms with Crippen molar-refractivity contribution in [3.8, 4) is 17.9 Å². The number of nitrogens with one attached hydrogen (secondary N) is 1. The molecule has 1 aromatic carbocycles. The van der Waals surface area contributed by atoms with Crippen molar-refractivity contribution in [1.82, 2.24) is 9.80 Å². The fraction of sp³-hybridized carbons (Fsp3) is 0.455. The second-order valence-electron chi connectivity index (χ2n) is 7.34. The number of likely N-dealkylation sites (tertiary alicyclic amines) is 1. The van der Waals surface area contributed by atoms with Crippen LogP contribution in [0.2, 0.25) is 0 Å². The number of nitrogens with zero attached hydrogens (tertiary/aromatic N) is 3. The van der Waals surface area contributed by atoms with E-state index in [-0.39, 0.29) is 18.4 Å². The summed E-state index contributed by atoms with van der Waals surface area (Å²) in [6.07, 6.45) is 2.05. The molecular weight excluding hydrogens is 352 g/mol.